The van der Waals surface area contributed by atoms with E-state index in [0.717, 1.165) is 24.4 Å². The molecule has 1 saturated heterocycles. The van der Waals surface area contributed by atoms with E-state index in [9.17, 15) is 9.18 Å². The number of ether oxygens (including phenoxy) is 1. The number of hydrogen-bond donors (Lipinski definition) is 2. The van der Waals surface area contributed by atoms with Crippen LogP contribution in [-0.4, -0.2) is 56.3 Å². The fourth-order valence-electron chi connectivity index (χ4n) is 3.12. The third-order valence-corrected chi connectivity index (χ3v) is 4.91. The first-order valence-corrected chi connectivity index (χ1v) is 9.50. The summed E-state index contributed by atoms with van der Waals surface area (Å²) in [5.41, 5.74) is 0.896. The van der Waals surface area contributed by atoms with Crippen molar-refractivity contribution in [3.8, 4) is 0 Å². The van der Waals surface area contributed by atoms with Crippen molar-refractivity contribution in [1.29, 1.82) is 0 Å². The van der Waals surface area contributed by atoms with Gasteiger partial charge < -0.3 is 20.3 Å². The van der Waals surface area contributed by atoms with Gasteiger partial charge in [0.1, 0.15) is 5.82 Å². The summed E-state index contributed by atoms with van der Waals surface area (Å²) < 4.78 is 18.2. The van der Waals surface area contributed by atoms with E-state index in [1.54, 1.807) is 11.9 Å². The minimum Gasteiger partial charge on any atom is -0.450 e. The lowest BCUT2D eigenvalue weighted by Crippen LogP contribution is -2.51. The lowest BCUT2D eigenvalue weighted by atomic mass is 9.84. The second kappa shape index (κ2) is 9.58. The lowest BCUT2D eigenvalue weighted by molar-refractivity contribution is 0.0963. The van der Waals surface area contributed by atoms with Gasteiger partial charge in [-0.3, -0.25) is 4.99 Å². The van der Waals surface area contributed by atoms with E-state index in [1.165, 1.54) is 12.1 Å². The van der Waals surface area contributed by atoms with E-state index in [4.69, 9.17) is 4.74 Å². The van der Waals surface area contributed by atoms with Crippen LogP contribution in [0.25, 0.3) is 0 Å². The minimum absolute atomic E-state index is 0.168. The van der Waals surface area contributed by atoms with Crippen molar-refractivity contribution in [2.24, 2.45) is 4.99 Å². The number of carbonyl (C=O) groups is 1. The van der Waals surface area contributed by atoms with Gasteiger partial charge in [-0.2, -0.15) is 0 Å². The van der Waals surface area contributed by atoms with Crippen molar-refractivity contribution < 1.29 is 13.9 Å². The third-order valence-electron chi connectivity index (χ3n) is 4.91. The van der Waals surface area contributed by atoms with Crippen LogP contribution in [0.15, 0.2) is 29.3 Å². The molecule has 0 radical (unpaired) electrons. The molecule has 7 heteroatoms. The first-order chi connectivity index (χ1) is 12.9. The number of nitrogens with zero attached hydrogens (tertiary/aromatic N) is 2. The van der Waals surface area contributed by atoms with E-state index in [0.29, 0.717) is 26.2 Å². The Bertz CT molecular complexity index is 638. The number of aliphatic imine (C=N–C) groups is 1. The van der Waals surface area contributed by atoms with Gasteiger partial charge in [0.05, 0.1) is 6.61 Å². The van der Waals surface area contributed by atoms with Crippen LogP contribution in [0.3, 0.4) is 0 Å². The number of halogens is 1. The van der Waals surface area contributed by atoms with Gasteiger partial charge in [-0.1, -0.05) is 26.0 Å². The molecule has 0 aliphatic carbocycles. The van der Waals surface area contributed by atoms with Crippen molar-refractivity contribution in [3.63, 3.8) is 0 Å². The molecule has 1 aliphatic heterocycles. The maximum absolute atomic E-state index is 13.1. The van der Waals surface area contributed by atoms with Crippen molar-refractivity contribution in [2.75, 3.05) is 33.3 Å². The summed E-state index contributed by atoms with van der Waals surface area (Å²) in [5, 5.41) is 6.79. The molecular weight excluding hydrogens is 347 g/mol. The number of nitrogens with one attached hydrogen (secondary N) is 2. The fourth-order valence-corrected chi connectivity index (χ4v) is 3.12. The molecule has 0 unspecified atom stereocenters. The molecule has 1 aromatic carbocycles. The molecule has 27 heavy (non-hydrogen) atoms. The summed E-state index contributed by atoms with van der Waals surface area (Å²) in [6, 6.07) is 6.87. The zero-order valence-electron chi connectivity index (χ0n) is 16.7. The van der Waals surface area contributed by atoms with Gasteiger partial charge in [0.2, 0.25) is 0 Å². The van der Waals surface area contributed by atoms with E-state index >= 15 is 0 Å². The van der Waals surface area contributed by atoms with E-state index in [1.807, 2.05) is 19.1 Å². The topological polar surface area (TPSA) is 66.0 Å². The number of carbonyl (C=O) groups excluding carboxylic acids is 1. The average molecular weight is 378 g/mol. The van der Waals surface area contributed by atoms with Gasteiger partial charge in [-0.15, -0.1) is 0 Å². The predicted octanol–water partition coefficient (Wildman–Crippen LogP) is 2.89. The second-order valence-corrected chi connectivity index (χ2v) is 7.42. The van der Waals surface area contributed by atoms with Gasteiger partial charge in [0.15, 0.2) is 5.96 Å². The summed E-state index contributed by atoms with van der Waals surface area (Å²) in [6.07, 6.45) is 1.46. The monoisotopic (exact) mass is 378 g/mol. The predicted molar refractivity (Wildman–Crippen MR) is 106 cm³/mol. The highest BCUT2D eigenvalue weighted by molar-refractivity contribution is 5.80. The summed E-state index contributed by atoms with van der Waals surface area (Å²) in [5.74, 6) is 0.508. The molecule has 1 aliphatic rings. The SMILES string of the molecule is CCOC(=O)N1CCC(NC(=NC)NCC(C)(C)c2ccc(F)cc2)CC1. The van der Waals surface area contributed by atoms with E-state index in [-0.39, 0.29) is 23.4 Å². The number of amides is 1. The maximum Gasteiger partial charge on any atom is 0.409 e. The van der Waals surface area contributed by atoms with Crippen LogP contribution in [-0.2, 0) is 10.2 Å². The van der Waals surface area contributed by atoms with Crippen molar-refractivity contribution in [2.45, 2.75) is 45.1 Å². The minimum atomic E-state index is -0.237. The maximum atomic E-state index is 13.1. The molecule has 0 aromatic heterocycles. The van der Waals surface area contributed by atoms with E-state index < -0.39 is 0 Å². The fraction of sp³-hybridized carbons (Fsp3) is 0.600. The molecule has 1 heterocycles. The summed E-state index contributed by atoms with van der Waals surface area (Å²) in [4.78, 5) is 17.8. The Hall–Kier alpha value is -2.31. The Kier molecular flexibility index (Phi) is 7.45. The van der Waals surface area contributed by atoms with Crippen LogP contribution in [0.1, 0.15) is 39.2 Å². The molecule has 1 aromatic rings. The summed E-state index contributed by atoms with van der Waals surface area (Å²) in [6.45, 7) is 8.45. The third kappa shape index (κ3) is 6.12. The number of benzene rings is 1. The second-order valence-electron chi connectivity index (χ2n) is 7.42. The molecular formula is C20H31FN4O2. The molecule has 1 amide bonds. The van der Waals surface area contributed by atoms with Crippen LogP contribution in [0.5, 0.6) is 0 Å². The average Bonchev–Trinajstić information content (AvgIpc) is 2.66. The molecule has 6 nitrogen and oxygen atoms in total. The highest BCUT2D eigenvalue weighted by atomic mass is 19.1. The Morgan fingerprint density at radius 1 is 1.30 bits per heavy atom. The number of likely N-dealkylation sites (tertiary alicyclic amines) is 1. The highest BCUT2D eigenvalue weighted by Gasteiger charge is 2.25. The Labute approximate surface area is 161 Å². The number of rotatable bonds is 5. The zero-order chi connectivity index (χ0) is 19.9. The summed E-state index contributed by atoms with van der Waals surface area (Å²) >= 11 is 0. The van der Waals surface area contributed by atoms with Crippen molar-refractivity contribution in [1.82, 2.24) is 15.5 Å². The zero-order valence-corrected chi connectivity index (χ0v) is 16.7. The standard InChI is InChI=1S/C20H31FN4O2/c1-5-27-19(26)25-12-10-17(11-13-25)24-18(22-4)23-14-20(2,3)15-6-8-16(21)9-7-15/h6-9,17H,5,10-14H2,1-4H3,(H2,22,23,24). The van der Waals surface area contributed by atoms with Crippen LogP contribution < -0.4 is 10.6 Å². The molecule has 0 atom stereocenters. The summed E-state index contributed by atoms with van der Waals surface area (Å²) in [7, 11) is 1.74. The largest absolute Gasteiger partial charge is 0.450 e. The highest BCUT2D eigenvalue weighted by Crippen LogP contribution is 2.22. The molecule has 150 valence electrons. The Morgan fingerprint density at radius 3 is 2.48 bits per heavy atom. The van der Waals surface area contributed by atoms with Crippen LogP contribution in [0.4, 0.5) is 9.18 Å². The lowest BCUT2D eigenvalue weighted by Gasteiger charge is -2.33. The van der Waals surface area contributed by atoms with Gasteiger partial charge in [-0.05, 0) is 37.5 Å². The van der Waals surface area contributed by atoms with Crippen LogP contribution >= 0.6 is 0 Å². The van der Waals surface area contributed by atoms with Gasteiger partial charge in [-0.25, -0.2) is 9.18 Å². The normalized spacial score (nSPS) is 16.2. The number of guanidine groups is 1. The Morgan fingerprint density at radius 2 is 1.93 bits per heavy atom. The first kappa shape index (κ1) is 21.0. The van der Waals surface area contributed by atoms with Gasteiger partial charge in [0, 0.05) is 38.1 Å². The van der Waals surface area contributed by atoms with Gasteiger partial charge >= 0.3 is 6.09 Å². The van der Waals surface area contributed by atoms with Crippen LogP contribution in [0, 0.1) is 5.82 Å². The number of piperidine rings is 1. The first-order valence-electron chi connectivity index (χ1n) is 9.50. The molecule has 0 saturated carbocycles. The van der Waals surface area contributed by atoms with Crippen molar-refractivity contribution >= 4 is 12.1 Å². The van der Waals surface area contributed by atoms with Gasteiger partial charge in [0.25, 0.3) is 0 Å². The number of hydrogen-bond acceptors (Lipinski definition) is 3. The molecule has 2 N–H and O–H groups in total. The molecule has 2 rings (SSSR count). The van der Waals surface area contributed by atoms with Crippen molar-refractivity contribution in [3.05, 3.63) is 35.6 Å². The quantitative estimate of drug-likeness (QED) is 0.611. The molecule has 1 fully saturated rings. The smallest absolute Gasteiger partial charge is 0.409 e. The Balaban J connectivity index is 1.82. The van der Waals surface area contributed by atoms with Crippen LogP contribution in [0.2, 0.25) is 0 Å². The molecule has 0 bridgehead atoms. The van der Waals surface area contributed by atoms with E-state index in [2.05, 4.69) is 29.5 Å². The molecule has 0 spiro atoms.